The van der Waals surface area contributed by atoms with Crippen LogP contribution in [0.3, 0.4) is 0 Å². The number of rotatable bonds is 3. The van der Waals surface area contributed by atoms with Crippen molar-refractivity contribution in [2.24, 2.45) is 0 Å². The molecule has 0 aliphatic heterocycles. The van der Waals surface area contributed by atoms with E-state index in [4.69, 9.17) is 0 Å². The lowest BCUT2D eigenvalue weighted by Gasteiger charge is -2.05. The highest BCUT2D eigenvalue weighted by Crippen LogP contribution is 2.35. The third-order valence-corrected chi connectivity index (χ3v) is 5.64. The van der Waals surface area contributed by atoms with Crippen LogP contribution in [0.2, 0.25) is 0 Å². The van der Waals surface area contributed by atoms with Crippen LogP contribution >= 0.6 is 47.8 Å². The van der Waals surface area contributed by atoms with Gasteiger partial charge in [0.1, 0.15) is 5.82 Å². The molecular weight excluding hydrogens is 460 g/mol. The van der Waals surface area contributed by atoms with E-state index >= 15 is 0 Å². The molecule has 1 N–H and O–H groups in total. The molecule has 0 fully saturated rings. The standard InChI is InChI=1S/C16H11Br3N2/c17-12-8-14(19)13(18)7-11(12)15-9-20-16(21-15)6-10-4-2-1-3-5-10/h1-5,7-9H,6H2,(H,20,21). The van der Waals surface area contributed by atoms with Crippen LogP contribution in [0, 0.1) is 0 Å². The Morgan fingerprint density at radius 1 is 0.905 bits per heavy atom. The van der Waals surface area contributed by atoms with Gasteiger partial charge < -0.3 is 4.98 Å². The monoisotopic (exact) mass is 468 g/mol. The van der Waals surface area contributed by atoms with E-state index in [1.54, 1.807) is 0 Å². The third kappa shape index (κ3) is 3.47. The number of benzene rings is 2. The first-order valence-corrected chi connectivity index (χ1v) is 8.74. The Morgan fingerprint density at radius 3 is 2.38 bits per heavy atom. The normalized spacial score (nSPS) is 10.8. The predicted molar refractivity (Wildman–Crippen MR) is 96.4 cm³/mol. The molecule has 1 heterocycles. The van der Waals surface area contributed by atoms with Gasteiger partial charge >= 0.3 is 0 Å². The number of halogens is 3. The van der Waals surface area contributed by atoms with Gasteiger partial charge in [-0.1, -0.05) is 46.3 Å². The summed E-state index contributed by atoms with van der Waals surface area (Å²) in [5.74, 6) is 0.960. The fourth-order valence-corrected chi connectivity index (χ4v) is 3.66. The largest absolute Gasteiger partial charge is 0.342 e. The van der Waals surface area contributed by atoms with Crippen molar-refractivity contribution in [1.82, 2.24) is 9.97 Å². The Labute approximate surface area is 148 Å². The average Bonchev–Trinajstić information content (AvgIpc) is 2.92. The maximum absolute atomic E-state index is 4.48. The number of imidazole rings is 1. The minimum Gasteiger partial charge on any atom is -0.342 e. The summed E-state index contributed by atoms with van der Waals surface area (Å²) in [6, 6.07) is 14.4. The zero-order valence-electron chi connectivity index (χ0n) is 10.9. The molecule has 2 nitrogen and oxygen atoms in total. The molecule has 0 aliphatic carbocycles. The van der Waals surface area contributed by atoms with Gasteiger partial charge in [-0.2, -0.15) is 0 Å². The predicted octanol–water partition coefficient (Wildman–Crippen LogP) is 5.96. The van der Waals surface area contributed by atoms with Crippen molar-refractivity contribution in [3.05, 3.63) is 73.5 Å². The maximum atomic E-state index is 4.48. The number of hydrogen-bond donors (Lipinski definition) is 1. The van der Waals surface area contributed by atoms with Crippen LogP contribution in [-0.4, -0.2) is 9.97 Å². The molecule has 106 valence electrons. The molecule has 0 saturated heterocycles. The van der Waals surface area contributed by atoms with E-state index in [0.717, 1.165) is 36.9 Å². The topological polar surface area (TPSA) is 28.7 Å². The second-order valence-electron chi connectivity index (χ2n) is 4.65. The van der Waals surface area contributed by atoms with Crippen molar-refractivity contribution in [2.75, 3.05) is 0 Å². The lowest BCUT2D eigenvalue weighted by atomic mass is 10.1. The molecule has 0 spiro atoms. The van der Waals surface area contributed by atoms with E-state index in [-0.39, 0.29) is 0 Å². The average molecular weight is 471 g/mol. The number of nitrogens with zero attached hydrogens (tertiary/aromatic N) is 1. The number of hydrogen-bond acceptors (Lipinski definition) is 1. The van der Waals surface area contributed by atoms with Crippen molar-refractivity contribution in [2.45, 2.75) is 6.42 Å². The van der Waals surface area contributed by atoms with Gasteiger partial charge in [0.25, 0.3) is 0 Å². The molecule has 2 aromatic carbocycles. The van der Waals surface area contributed by atoms with E-state index in [1.807, 2.05) is 30.5 Å². The minimum absolute atomic E-state index is 0.802. The molecule has 3 aromatic rings. The molecule has 0 saturated carbocycles. The summed E-state index contributed by atoms with van der Waals surface area (Å²) >= 11 is 10.6. The summed E-state index contributed by atoms with van der Waals surface area (Å²) in [5, 5.41) is 0. The molecule has 21 heavy (non-hydrogen) atoms. The Balaban J connectivity index is 1.90. The van der Waals surface area contributed by atoms with Crippen molar-refractivity contribution < 1.29 is 0 Å². The smallest absolute Gasteiger partial charge is 0.110 e. The third-order valence-electron chi connectivity index (χ3n) is 3.14. The molecule has 1 aromatic heterocycles. The Bertz CT molecular complexity index is 766. The summed E-state index contributed by atoms with van der Waals surface area (Å²) in [6.45, 7) is 0. The first kappa shape index (κ1) is 15.0. The van der Waals surface area contributed by atoms with Crippen LogP contribution in [0.15, 0.2) is 62.1 Å². The summed E-state index contributed by atoms with van der Waals surface area (Å²) in [7, 11) is 0. The van der Waals surface area contributed by atoms with E-state index < -0.39 is 0 Å². The number of aromatic nitrogens is 2. The van der Waals surface area contributed by atoms with Gasteiger partial charge in [-0.05, 0) is 49.6 Å². The molecule has 0 unspecified atom stereocenters. The molecule has 5 heteroatoms. The van der Waals surface area contributed by atoms with Gasteiger partial charge in [0.15, 0.2) is 0 Å². The van der Waals surface area contributed by atoms with Gasteiger partial charge in [-0.3, -0.25) is 0 Å². The SMILES string of the molecule is Brc1cc(Br)c(-c2cnc(Cc3ccccc3)[nH]2)cc1Br. The first-order valence-electron chi connectivity index (χ1n) is 6.36. The summed E-state index contributed by atoms with van der Waals surface area (Å²) in [4.78, 5) is 7.87. The summed E-state index contributed by atoms with van der Waals surface area (Å²) in [6.07, 6.45) is 2.68. The number of aromatic amines is 1. The Hall–Kier alpha value is -0.910. The van der Waals surface area contributed by atoms with Crippen LogP contribution in [0.4, 0.5) is 0 Å². The quantitative estimate of drug-likeness (QED) is 0.470. The summed E-state index contributed by atoms with van der Waals surface area (Å²) in [5.41, 5.74) is 3.33. The van der Waals surface area contributed by atoms with Crippen LogP contribution in [0.1, 0.15) is 11.4 Å². The molecule has 0 bridgehead atoms. The highest BCUT2D eigenvalue weighted by atomic mass is 79.9. The van der Waals surface area contributed by atoms with Gasteiger partial charge in [-0.25, -0.2) is 4.98 Å². The highest BCUT2D eigenvalue weighted by Gasteiger charge is 2.10. The van der Waals surface area contributed by atoms with Crippen molar-refractivity contribution >= 4 is 47.8 Å². The number of nitrogens with one attached hydrogen (secondary N) is 1. The van der Waals surface area contributed by atoms with Gasteiger partial charge in [0.2, 0.25) is 0 Å². The van der Waals surface area contributed by atoms with E-state index in [1.165, 1.54) is 5.56 Å². The van der Waals surface area contributed by atoms with Crippen LogP contribution in [0.25, 0.3) is 11.3 Å². The zero-order valence-corrected chi connectivity index (χ0v) is 15.7. The van der Waals surface area contributed by atoms with Crippen LogP contribution in [-0.2, 0) is 6.42 Å². The van der Waals surface area contributed by atoms with E-state index in [2.05, 4.69) is 76.0 Å². The van der Waals surface area contributed by atoms with Crippen molar-refractivity contribution in [1.29, 1.82) is 0 Å². The van der Waals surface area contributed by atoms with Gasteiger partial charge in [0, 0.05) is 25.4 Å². The number of H-pyrrole nitrogens is 1. The highest BCUT2D eigenvalue weighted by molar-refractivity contribution is 9.13. The van der Waals surface area contributed by atoms with Gasteiger partial charge in [0.05, 0.1) is 11.9 Å². The first-order chi connectivity index (χ1) is 10.1. The van der Waals surface area contributed by atoms with E-state index in [0.29, 0.717) is 0 Å². The fourth-order valence-electron chi connectivity index (χ4n) is 2.11. The summed E-state index contributed by atoms with van der Waals surface area (Å²) < 4.78 is 3.05. The lowest BCUT2D eigenvalue weighted by molar-refractivity contribution is 1.03. The molecule has 0 radical (unpaired) electrons. The van der Waals surface area contributed by atoms with Crippen molar-refractivity contribution in [3.8, 4) is 11.3 Å². The minimum atomic E-state index is 0.802. The second kappa shape index (κ2) is 6.46. The van der Waals surface area contributed by atoms with E-state index in [9.17, 15) is 0 Å². The molecule has 0 atom stereocenters. The zero-order chi connectivity index (χ0) is 14.8. The Kier molecular flexibility index (Phi) is 4.62. The van der Waals surface area contributed by atoms with Gasteiger partial charge in [-0.15, -0.1) is 0 Å². The molecular formula is C16H11Br3N2. The van der Waals surface area contributed by atoms with Crippen LogP contribution < -0.4 is 0 Å². The maximum Gasteiger partial charge on any atom is 0.110 e. The van der Waals surface area contributed by atoms with Crippen molar-refractivity contribution in [3.63, 3.8) is 0 Å². The Morgan fingerprint density at radius 2 is 1.62 bits per heavy atom. The molecule has 0 aliphatic rings. The lowest BCUT2D eigenvalue weighted by Crippen LogP contribution is -1.90. The fraction of sp³-hybridized carbons (Fsp3) is 0.0625. The molecule has 0 amide bonds. The molecule has 3 rings (SSSR count). The van der Waals surface area contributed by atoms with Crippen LogP contribution in [0.5, 0.6) is 0 Å². The second-order valence-corrected chi connectivity index (χ2v) is 7.22.